The van der Waals surface area contributed by atoms with Crippen molar-refractivity contribution in [2.75, 3.05) is 5.73 Å². The molecule has 1 heterocycles. The van der Waals surface area contributed by atoms with Crippen molar-refractivity contribution in [3.8, 4) is 11.5 Å². The van der Waals surface area contributed by atoms with Crippen LogP contribution in [-0.4, -0.2) is 14.9 Å². The lowest BCUT2D eigenvalue weighted by Gasteiger charge is -2.10. The van der Waals surface area contributed by atoms with Crippen LogP contribution in [0.25, 0.3) is 0 Å². The molecule has 5 nitrogen and oxygen atoms in total. The van der Waals surface area contributed by atoms with Crippen molar-refractivity contribution in [3.05, 3.63) is 34.6 Å². The summed E-state index contributed by atoms with van der Waals surface area (Å²) in [7, 11) is 1.82. The Kier molecular flexibility index (Phi) is 3.85. The zero-order chi connectivity index (χ0) is 14.0. The van der Waals surface area contributed by atoms with E-state index in [2.05, 4.69) is 5.10 Å². The minimum Gasteiger partial charge on any atom is -0.506 e. The van der Waals surface area contributed by atoms with Gasteiger partial charge >= 0.3 is 0 Å². The van der Waals surface area contributed by atoms with Crippen LogP contribution < -0.4 is 10.5 Å². The number of hydrogen-bond acceptors (Lipinski definition) is 4. The largest absolute Gasteiger partial charge is 0.506 e. The van der Waals surface area contributed by atoms with Crippen LogP contribution in [-0.2, 0) is 20.1 Å². The molecule has 0 aliphatic rings. The number of halogens is 1. The number of phenolic OH excluding ortho intramolecular Hbond substituents is 1. The van der Waals surface area contributed by atoms with Gasteiger partial charge in [-0.2, -0.15) is 5.10 Å². The van der Waals surface area contributed by atoms with Crippen molar-refractivity contribution >= 4 is 17.3 Å². The SMILES string of the molecule is CCc1nn(C)c(COc2cccc(O)c2N)c1Cl. The number of phenols is 1. The van der Waals surface area contributed by atoms with Gasteiger partial charge in [0.25, 0.3) is 0 Å². The molecule has 0 aliphatic carbocycles. The molecule has 102 valence electrons. The molecule has 1 aromatic carbocycles. The number of hydrogen-bond donors (Lipinski definition) is 2. The van der Waals surface area contributed by atoms with Gasteiger partial charge in [-0.1, -0.05) is 24.6 Å². The quantitative estimate of drug-likeness (QED) is 0.667. The van der Waals surface area contributed by atoms with E-state index in [0.29, 0.717) is 10.8 Å². The predicted octanol–water partition coefficient (Wildman–Crippen LogP) is 2.50. The molecule has 0 radical (unpaired) electrons. The minimum atomic E-state index is 0.00264. The summed E-state index contributed by atoms with van der Waals surface area (Å²) >= 11 is 6.22. The fourth-order valence-electron chi connectivity index (χ4n) is 1.78. The molecule has 0 spiro atoms. The summed E-state index contributed by atoms with van der Waals surface area (Å²) in [5.74, 6) is 0.429. The van der Waals surface area contributed by atoms with Gasteiger partial charge < -0.3 is 15.6 Å². The Balaban J connectivity index is 2.19. The molecule has 3 N–H and O–H groups in total. The van der Waals surface area contributed by atoms with E-state index in [0.717, 1.165) is 17.8 Å². The molecular weight excluding hydrogens is 266 g/mol. The zero-order valence-corrected chi connectivity index (χ0v) is 11.6. The molecule has 1 aromatic heterocycles. The zero-order valence-electron chi connectivity index (χ0n) is 10.9. The van der Waals surface area contributed by atoms with Crippen molar-refractivity contribution in [2.45, 2.75) is 20.0 Å². The lowest BCUT2D eigenvalue weighted by atomic mass is 10.2. The van der Waals surface area contributed by atoms with Crippen molar-refractivity contribution < 1.29 is 9.84 Å². The summed E-state index contributed by atoms with van der Waals surface area (Å²) in [6.07, 6.45) is 0.765. The highest BCUT2D eigenvalue weighted by atomic mass is 35.5. The maximum Gasteiger partial charge on any atom is 0.146 e. The Morgan fingerprint density at radius 3 is 2.84 bits per heavy atom. The maximum atomic E-state index is 9.50. The highest BCUT2D eigenvalue weighted by molar-refractivity contribution is 6.31. The first-order valence-corrected chi connectivity index (χ1v) is 6.32. The number of nitrogens with zero attached hydrogens (tertiary/aromatic N) is 2. The van der Waals surface area contributed by atoms with Crippen LogP contribution in [0.4, 0.5) is 5.69 Å². The molecule has 0 atom stereocenters. The Bertz CT molecular complexity index is 596. The summed E-state index contributed by atoms with van der Waals surface area (Å²) < 4.78 is 7.29. The average molecular weight is 282 g/mol. The predicted molar refractivity (Wildman–Crippen MR) is 74.4 cm³/mol. The molecule has 2 rings (SSSR count). The minimum absolute atomic E-state index is 0.00264. The summed E-state index contributed by atoms with van der Waals surface area (Å²) in [5.41, 5.74) is 7.56. The van der Waals surface area contributed by atoms with E-state index in [9.17, 15) is 5.11 Å². The van der Waals surface area contributed by atoms with E-state index in [1.165, 1.54) is 6.07 Å². The van der Waals surface area contributed by atoms with Crippen molar-refractivity contribution in [1.29, 1.82) is 0 Å². The topological polar surface area (TPSA) is 73.3 Å². The van der Waals surface area contributed by atoms with Gasteiger partial charge in [0.15, 0.2) is 0 Å². The number of aromatic nitrogens is 2. The number of ether oxygens (including phenoxy) is 1. The van der Waals surface area contributed by atoms with Gasteiger partial charge in [-0.15, -0.1) is 0 Å². The molecule has 0 saturated heterocycles. The number of nitrogens with two attached hydrogens (primary N) is 1. The molecule has 0 saturated carbocycles. The van der Waals surface area contributed by atoms with Gasteiger partial charge in [-0.05, 0) is 18.6 Å². The highest BCUT2D eigenvalue weighted by Gasteiger charge is 2.14. The molecule has 6 heteroatoms. The van der Waals surface area contributed by atoms with E-state index in [4.69, 9.17) is 22.1 Å². The van der Waals surface area contributed by atoms with Gasteiger partial charge in [0.05, 0.1) is 16.4 Å². The lowest BCUT2D eigenvalue weighted by molar-refractivity contribution is 0.295. The number of aryl methyl sites for hydroxylation is 2. The molecule has 0 amide bonds. The number of rotatable bonds is 4. The molecule has 0 aliphatic heterocycles. The first kappa shape index (κ1) is 13.5. The van der Waals surface area contributed by atoms with Crippen LogP contribution in [0.5, 0.6) is 11.5 Å². The van der Waals surface area contributed by atoms with E-state index >= 15 is 0 Å². The van der Waals surface area contributed by atoms with Crippen LogP contribution in [0.15, 0.2) is 18.2 Å². The Morgan fingerprint density at radius 1 is 1.47 bits per heavy atom. The van der Waals surface area contributed by atoms with Crippen LogP contribution in [0.1, 0.15) is 18.3 Å². The Labute approximate surface area is 116 Å². The second-order valence-corrected chi connectivity index (χ2v) is 4.54. The smallest absolute Gasteiger partial charge is 0.146 e. The number of para-hydroxylation sites is 1. The number of nitrogen functional groups attached to an aromatic ring is 1. The molecule has 0 fully saturated rings. The molecule has 19 heavy (non-hydrogen) atoms. The second kappa shape index (κ2) is 5.40. The molecular formula is C13H16ClN3O2. The standard InChI is InChI=1S/C13H16ClN3O2/c1-3-8-12(14)9(17(2)16-8)7-19-11-6-4-5-10(18)13(11)15/h4-6,18H,3,7,15H2,1-2H3. The van der Waals surface area contributed by atoms with Crippen LogP contribution >= 0.6 is 11.6 Å². The van der Waals surface area contributed by atoms with E-state index in [1.807, 2.05) is 14.0 Å². The van der Waals surface area contributed by atoms with E-state index < -0.39 is 0 Å². The van der Waals surface area contributed by atoms with Crippen LogP contribution in [0.3, 0.4) is 0 Å². The fraction of sp³-hybridized carbons (Fsp3) is 0.308. The second-order valence-electron chi connectivity index (χ2n) is 4.16. The van der Waals surface area contributed by atoms with Crippen molar-refractivity contribution in [2.24, 2.45) is 7.05 Å². The van der Waals surface area contributed by atoms with Gasteiger partial charge in [0.2, 0.25) is 0 Å². The number of benzene rings is 1. The Morgan fingerprint density at radius 2 is 2.21 bits per heavy atom. The van der Waals surface area contributed by atoms with Gasteiger partial charge in [0, 0.05) is 7.05 Å². The van der Waals surface area contributed by atoms with E-state index in [-0.39, 0.29) is 18.0 Å². The van der Waals surface area contributed by atoms with Crippen LogP contribution in [0, 0.1) is 0 Å². The van der Waals surface area contributed by atoms with Gasteiger partial charge in [-0.25, -0.2) is 0 Å². The van der Waals surface area contributed by atoms with Crippen molar-refractivity contribution in [3.63, 3.8) is 0 Å². The summed E-state index contributed by atoms with van der Waals surface area (Å²) in [5, 5.41) is 14.4. The molecule has 0 bridgehead atoms. The first-order chi connectivity index (χ1) is 9.04. The summed E-state index contributed by atoms with van der Waals surface area (Å²) in [6.45, 7) is 2.24. The van der Waals surface area contributed by atoms with Crippen molar-refractivity contribution in [1.82, 2.24) is 9.78 Å². The van der Waals surface area contributed by atoms with Crippen LogP contribution in [0.2, 0.25) is 5.02 Å². The summed E-state index contributed by atoms with van der Waals surface area (Å²) in [4.78, 5) is 0. The van der Waals surface area contributed by atoms with Gasteiger partial charge in [0.1, 0.15) is 23.8 Å². The first-order valence-electron chi connectivity index (χ1n) is 5.95. The highest BCUT2D eigenvalue weighted by Crippen LogP contribution is 2.31. The molecule has 0 unspecified atom stereocenters. The fourth-order valence-corrected chi connectivity index (χ4v) is 2.13. The average Bonchev–Trinajstić information content (AvgIpc) is 2.66. The van der Waals surface area contributed by atoms with Gasteiger partial charge in [-0.3, -0.25) is 4.68 Å². The maximum absolute atomic E-state index is 9.50. The lowest BCUT2D eigenvalue weighted by Crippen LogP contribution is -2.04. The third-order valence-electron chi connectivity index (χ3n) is 2.91. The Hall–Kier alpha value is -1.88. The molecule has 2 aromatic rings. The number of aromatic hydroxyl groups is 1. The third kappa shape index (κ3) is 2.61. The number of anilines is 1. The summed E-state index contributed by atoms with van der Waals surface area (Å²) in [6, 6.07) is 4.87. The monoisotopic (exact) mass is 281 g/mol. The van der Waals surface area contributed by atoms with E-state index in [1.54, 1.807) is 16.8 Å². The third-order valence-corrected chi connectivity index (χ3v) is 3.35. The normalized spacial score (nSPS) is 10.7.